The van der Waals surface area contributed by atoms with Crippen molar-refractivity contribution in [3.8, 4) is 0 Å². The largest absolute Gasteiger partial charge is 0.480 e. The van der Waals surface area contributed by atoms with Crippen LogP contribution in [0.2, 0.25) is 0 Å². The fraction of sp³-hybridized carbons (Fsp3) is 0.500. The number of aliphatic carboxylic acids is 1. The summed E-state index contributed by atoms with van der Waals surface area (Å²) in [5.74, 6) is -0.785. The van der Waals surface area contributed by atoms with Gasteiger partial charge in [0.1, 0.15) is 6.04 Å². The molecule has 0 saturated carbocycles. The monoisotopic (exact) mass is 283 g/mol. The van der Waals surface area contributed by atoms with Crippen molar-refractivity contribution in [1.82, 2.24) is 15.5 Å². The fourth-order valence-corrected chi connectivity index (χ4v) is 1.98. The number of hydrogen-bond acceptors (Lipinski definition) is 5. The van der Waals surface area contributed by atoms with Gasteiger partial charge in [-0.3, -0.25) is 4.79 Å². The summed E-state index contributed by atoms with van der Waals surface area (Å²) in [5.41, 5.74) is 1.46. The minimum Gasteiger partial charge on any atom is -0.480 e. The smallest absolute Gasteiger partial charge is 0.326 e. The number of carbonyl (C=O) groups excluding carboxylic acids is 1. The molecule has 0 aliphatic carbocycles. The van der Waals surface area contributed by atoms with Gasteiger partial charge in [0.2, 0.25) is 0 Å². The van der Waals surface area contributed by atoms with Crippen molar-refractivity contribution in [3.05, 3.63) is 23.0 Å². The van der Waals surface area contributed by atoms with Crippen molar-refractivity contribution < 1.29 is 14.7 Å². The molecule has 0 aliphatic rings. The summed E-state index contributed by atoms with van der Waals surface area (Å²) in [5, 5.41) is 19.3. The first kappa shape index (κ1) is 15.4. The highest BCUT2D eigenvalue weighted by atomic mass is 32.2. The van der Waals surface area contributed by atoms with Gasteiger partial charge in [0.25, 0.3) is 5.91 Å². The topological polar surface area (TPSA) is 92.2 Å². The molecule has 0 fully saturated rings. The van der Waals surface area contributed by atoms with Crippen LogP contribution in [0.4, 0.5) is 0 Å². The molecule has 1 heterocycles. The van der Waals surface area contributed by atoms with E-state index in [1.807, 2.05) is 6.26 Å². The Labute approximate surface area is 116 Å². The molecule has 1 rings (SSSR count). The van der Waals surface area contributed by atoms with Crippen LogP contribution in [0, 0.1) is 13.8 Å². The number of aromatic nitrogens is 2. The predicted octanol–water partition coefficient (Wildman–Crippen LogP) is 1.03. The summed E-state index contributed by atoms with van der Waals surface area (Å²) in [7, 11) is 0. The van der Waals surface area contributed by atoms with Gasteiger partial charge in [-0.1, -0.05) is 0 Å². The van der Waals surface area contributed by atoms with Crippen molar-refractivity contribution >= 4 is 23.6 Å². The van der Waals surface area contributed by atoms with Crippen LogP contribution in [-0.2, 0) is 4.79 Å². The number of carboxylic acid groups (broad SMARTS) is 1. The Bertz CT molecular complexity index is 479. The Morgan fingerprint density at radius 1 is 1.42 bits per heavy atom. The highest BCUT2D eigenvalue weighted by Gasteiger charge is 2.21. The maximum atomic E-state index is 12.0. The lowest BCUT2D eigenvalue weighted by molar-refractivity contribution is -0.139. The molecule has 0 aliphatic heterocycles. The van der Waals surface area contributed by atoms with Gasteiger partial charge >= 0.3 is 5.97 Å². The van der Waals surface area contributed by atoms with E-state index in [-0.39, 0.29) is 0 Å². The molecule has 1 aromatic rings. The van der Waals surface area contributed by atoms with E-state index in [2.05, 4.69) is 15.5 Å². The number of amides is 1. The van der Waals surface area contributed by atoms with E-state index >= 15 is 0 Å². The Hall–Kier alpha value is -1.63. The number of rotatable bonds is 6. The molecule has 0 saturated heterocycles. The van der Waals surface area contributed by atoms with Crippen molar-refractivity contribution in [3.63, 3.8) is 0 Å². The standard InChI is InChI=1S/C12H17N3O3S/c1-7-6-9(8(2)15-14-7)11(16)13-10(12(17)18)4-5-19-3/h6,10H,4-5H2,1-3H3,(H,13,16)(H,17,18). The van der Waals surface area contributed by atoms with Gasteiger partial charge in [-0.25, -0.2) is 4.79 Å². The van der Waals surface area contributed by atoms with E-state index in [0.717, 1.165) is 0 Å². The quantitative estimate of drug-likeness (QED) is 0.810. The third kappa shape index (κ3) is 4.51. The van der Waals surface area contributed by atoms with E-state index in [4.69, 9.17) is 5.11 Å². The molecule has 6 nitrogen and oxygen atoms in total. The number of nitrogens with zero attached hydrogens (tertiary/aromatic N) is 2. The van der Waals surface area contributed by atoms with Crippen LogP contribution in [0.5, 0.6) is 0 Å². The molecule has 7 heteroatoms. The lowest BCUT2D eigenvalue weighted by Gasteiger charge is -2.14. The number of nitrogens with one attached hydrogen (secondary N) is 1. The van der Waals surface area contributed by atoms with Crippen molar-refractivity contribution in [2.75, 3.05) is 12.0 Å². The second kappa shape index (κ2) is 7.08. The van der Waals surface area contributed by atoms with Crippen molar-refractivity contribution in [2.45, 2.75) is 26.3 Å². The van der Waals surface area contributed by atoms with Gasteiger partial charge in [0.15, 0.2) is 0 Å². The molecule has 1 unspecified atom stereocenters. The summed E-state index contributed by atoms with van der Waals surface area (Å²) in [4.78, 5) is 23.1. The zero-order chi connectivity index (χ0) is 14.4. The molecule has 1 atom stereocenters. The maximum Gasteiger partial charge on any atom is 0.326 e. The molecule has 0 spiro atoms. The highest BCUT2D eigenvalue weighted by molar-refractivity contribution is 7.98. The van der Waals surface area contributed by atoms with E-state index in [1.165, 1.54) is 11.8 Å². The first-order valence-electron chi connectivity index (χ1n) is 5.79. The van der Waals surface area contributed by atoms with E-state index < -0.39 is 17.9 Å². The normalized spacial score (nSPS) is 11.9. The zero-order valence-corrected chi connectivity index (χ0v) is 12.0. The van der Waals surface area contributed by atoms with Gasteiger partial charge in [-0.2, -0.15) is 22.0 Å². The molecular weight excluding hydrogens is 266 g/mol. The third-order valence-electron chi connectivity index (χ3n) is 2.56. The summed E-state index contributed by atoms with van der Waals surface area (Å²) < 4.78 is 0. The van der Waals surface area contributed by atoms with Gasteiger partial charge < -0.3 is 10.4 Å². The zero-order valence-electron chi connectivity index (χ0n) is 11.1. The van der Waals surface area contributed by atoms with Gasteiger partial charge in [0.05, 0.1) is 17.0 Å². The average molecular weight is 283 g/mol. The number of aryl methyl sites for hydroxylation is 2. The van der Waals surface area contributed by atoms with Crippen LogP contribution in [-0.4, -0.2) is 45.2 Å². The third-order valence-corrected chi connectivity index (χ3v) is 3.20. The van der Waals surface area contributed by atoms with Crippen LogP contribution < -0.4 is 5.32 Å². The van der Waals surface area contributed by atoms with Crippen molar-refractivity contribution in [2.24, 2.45) is 0 Å². The number of hydrogen-bond donors (Lipinski definition) is 2. The predicted molar refractivity (Wildman–Crippen MR) is 73.4 cm³/mol. The van der Waals surface area contributed by atoms with Gasteiger partial charge in [0, 0.05) is 0 Å². The highest BCUT2D eigenvalue weighted by Crippen LogP contribution is 2.07. The molecule has 1 amide bonds. The SMILES string of the molecule is CSCCC(NC(=O)c1cc(C)nnc1C)C(=O)O. The summed E-state index contributed by atoms with van der Waals surface area (Å²) in [6, 6.07) is 0.721. The van der Waals surface area contributed by atoms with Crippen LogP contribution in [0.3, 0.4) is 0 Å². The average Bonchev–Trinajstić information content (AvgIpc) is 2.36. The van der Waals surface area contributed by atoms with Gasteiger partial charge in [-0.15, -0.1) is 0 Å². The van der Waals surface area contributed by atoms with Crippen LogP contribution in [0.15, 0.2) is 6.07 Å². The van der Waals surface area contributed by atoms with Crippen LogP contribution in [0.1, 0.15) is 28.2 Å². The fourth-order valence-electron chi connectivity index (χ4n) is 1.51. The Morgan fingerprint density at radius 3 is 2.68 bits per heavy atom. The number of thioether (sulfide) groups is 1. The lowest BCUT2D eigenvalue weighted by atomic mass is 10.1. The van der Waals surface area contributed by atoms with Crippen LogP contribution >= 0.6 is 11.8 Å². The summed E-state index contributed by atoms with van der Waals surface area (Å²) >= 11 is 1.54. The summed E-state index contributed by atoms with van der Waals surface area (Å²) in [6.07, 6.45) is 2.28. The Morgan fingerprint density at radius 2 is 2.11 bits per heavy atom. The molecule has 0 aromatic carbocycles. The molecule has 1 aromatic heterocycles. The number of carboxylic acids is 1. The lowest BCUT2D eigenvalue weighted by Crippen LogP contribution is -2.41. The molecule has 0 radical (unpaired) electrons. The summed E-state index contributed by atoms with van der Waals surface area (Å²) in [6.45, 7) is 3.39. The first-order chi connectivity index (χ1) is 8.95. The molecular formula is C12H17N3O3S. The molecule has 0 bridgehead atoms. The number of carbonyl (C=O) groups is 2. The van der Waals surface area contributed by atoms with Crippen molar-refractivity contribution in [1.29, 1.82) is 0 Å². The van der Waals surface area contributed by atoms with Crippen LogP contribution in [0.25, 0.3) is 0 Å². The second-order valence-corrected chi connectivity index (χ2v) is 5.12. The van der Waals surface area contributed by atoms with Gasteiger partial charge in [-0.05, 0) is 38.3 Å². The molecule has 19 heavy (non-hydrogen) atoms. The Kier molecular flexibility index (Phi) is 5.75. The Balaban J connectivity index is 2.81. The van der Waals surface area contributed by atoms with E-state index in [0.29, 0.717) is 29.1 Å². The maximum absolute atomic E-state index is 12.0. The minimum absolute atomic E-state index is 0.364. The molecule has 2 N–H and O–H groups in total. The van der Waals surface area contributed by atoms with E-state index in [1.54, 1.807) is 19.9 Å². The minimum atomic E-state index is -1.03. The first-order valence-corrected chi connectivity index (χ1v) is 7.18. The molecule has 104 valence electrons. The second-order valence-electron chi connectivity index (χ2n) is 4.13. The van der Waals surface area contributed by atoms with E-state index in [9.17, 15) is 9.59 Å².